The number of nitro benzene ring substituents is 1. The lowest BCUT2D eigenvalue weighted by Gasteiger charge is -2.22. The van der Waals surface area contributed by atoms with E-state index in [1.165, 1.54) is 34.4 Å². The maximum atomic E-state index is 13.2. The maximum absolute atomic E-state index is 13.2. The van der Waals surface area contributed by atoms with Crippen LogP contribution in [0.4, 0.5) is 10.8 Å². The fourth-order valence-electron chi connectivity index (χ4n) is 3.87. The number of para-hydroxylation sites is 1. The first-order valence-corrected chi connectivity index (χ1v) is 10.7. The number of anilines is 1. The minimum absolute atomic E-state index is 0.147. The molecule has 0 saturated carbocycles. The van der Waals surface area contributed by atoms with Gasteiger partial charge in [-0.3, -0.25) is 24.6 Å². The predicted octanol–water partition coefficient (Wildman–Crippen LogP) is 4.83. The average molecular weight is 457 g/mol. The number of ketones is 1. The molecule has 0 radical (unpaired) electrons. The average Bonchev–Trinajstić information content (AvgIpc) is 3.38. The van der Waals surface area contributed by atoms with Gasteiger partial charge in [-0.1, -0.05) is 65.9 Å². The highest BCUT2D eigenvalue weighted by Crippen LogP contribution is 2.44. The smallest absolute Gasteiger partial charge is 0.301 e. The monoisotopic (exact) mass is 457 g/mol. The van der Waals surface area contributed by atoms with E-state index in [0.717, 1.165) is 4.70 Å². The third kappa shape index (κ3) is 3.44. The number of carbonyl (C=O) groups is 2. The van der Waals surface area contributed by atoms with Gasteiger partial charge >= 0.3 is 5.91 Å². The van der Waals surface area contributed by atoms with E-state index in [-0.39, 0.29) is 22.2 Å². The Labute approximate surface area is 191 Å². The normalized spacial score (nSPS) is 17.6. The number of nitrogens with zero attached hydrogens (tertiary/aromatic N) is 3. The molecule has 1 unspecified atom stereocenters. The van der Waals surface area contributed by atoms with Crippen LogP contribution in [0.3, 0.4) is 0 Å². The number of aromatic nitrogens is 1. The lowest BCUT2D eigenvalue weighted by Crippen LogP contribution is -2.29. The van der Waals surface area contributed by atoms with Crippen molar-refractivity contribution in [3.63, 3.8) is 0 Å². The molecule has 1 saturated heterocycles. The SMILES string of the molecule is O=C1C(=O)N(c2nc3ccccc3s2)C(c2cccc([N+](=O)[O-])c2)/C1=C(\O)c1ccccc1. The Bertz CT molecular complexity index is 1430. The van der Waals surface area contributed by atoms with Gasteiger partial charge < -0.3 is 5.11 Å². The maximum Gasteiger partial charge on any atom is 0.301 e. The molecule has 0 aliphatic carbocycles. The standard InChI is InChI=1S/C24H15N3O5S/c28-21(14-7-2-1-3-8-14)19-20(15-9-6-10-16(13-15)27(31)32)26(23(30)22(19)29)24-25-17-11-4-5-12-18(17)33-24/h1-13,20,28H/b21-19+. The molecule has 33 heavy (non-hydrogen) atoms. The lowest BCUT2D eigenvalue weighted by molar-refractivity contribution is -0.384. The van der Waals surface area contributed by atoms with Crippen LogP contribution in [0.5, 0.6) is 0 Å². The first-order chi connectivity index (χ1) is 16.0. The molecule has 9 heteroatoms. The fourth-order valence-corrected chi connectivity index (χ4v) is 4.86. The van der Waals surface area contributed by atoms with Gasteiger partial charge in [-0.2, -0.15) is 0 Å². The van der Waals surface area contributed by atoms with Crippen molar-refractivity contribution in [2.75, 3.05) is 4.90 Å². The van der Waals surface area contributed by atoms with Crippen LogP contribution in [-0.4, -0.2) is 26.7 Å². The minimum atomic E-state index is -1.08. The molecule has 4 aromatic rings. The van der Waals surface area contributed by atoms with E-state index in [2.05, 4.69) is 4.98 Å². The summed E-state index contributed by atoms with van der Waals surface area (Å²) in [5.41, 5.74) is 0.990. The number of Topliss-reactive ketones (excluding diaryl/α,β-unsaturated/α-hetero) is 1. The summed E-state index contributed by atoms with van der Waals surface area (Å²) in [6.07, 6.45) is 0. The zero-order valence-corrected chi connectivity index (χ0v) is 17.7. The third-order valence-electron chi connectivity index (χ3n) is 5.38. The van der Waals surface area contributed by atoms with Crippen molar-refractivity contribution in [3.05, 3.63) is 106 Å². The topological polar surface area (TPSA) is 114 Å². The number of amides is 1. The summed E-state index contributed by atoms with van der Waals surface area (Å²) in [7, 11) is 0. The predicted molar refractivity (Wildman–Crippen MR) is 124 cm³/mol. The molecule has 0 spiro atoms. The fraction of sp³-hybridized carbons (Fsp3) is 0.0417. The first kappa shape index (κ1) is 20.5. The molecule has 1 amide bonds. The number of carbonyl (C=O) groups excluding carboxylic acids is 2. The van der Waals surface area contributed by atoms with E-state index in [9.17, 15) is 24.8 Å². The van der Waals surface area contributed by atoms with E-state index >= 15 is 0 Å². The molecule has 3 aromatic carbocycles. The van der Waals surface area contributed by atoms with Crippen LogP contribution >= 0.6 is 11.3 Å². The highest BCUT2D eigenvalue weighted by atomic mass is 32.1. The molecule has 1 N–H and O–H groups in total. The van der Waals surface area contributed by atoms with E-state index in [4.69, 9.17) is 0 Å². The molecule has 1 atom stereocenters. The third-order valence-corrected chi connectivity index (χ3v) is 6.41. The number of hydrogen-bond acceptors (Lipinski definition) is 7. The Morgan fingerprint density at radius 3 is 2.45 bits per heavy atom. The van der Waals surface area contributed by atoms with E-state index in [0.29, 0.717) is 16.6 Å². The van der Waals surface area contributed by atoms with E-state index in [1.807, 2.05) is 18.2 Å². The minimum Gasteiger partial charge on any atom is -0.507 e. The molecule has 162 valence electrons. The van der Waals surface area contributed by atoms with Gasteiger partial charge in [0.25, 0.3) is 11.5 Å². The van der Waals surface area contributed by atoms with Gasteiger partial charge in [0.2, 0.25) is 0 Å². The molecule has 0 bridgehead atoms. The van der Waals surface area contributed by atoms with Crippen molar-refractivity contribution >= 4 is 49.8 Å². The molecule has 1 aliphatic heterocycles. The summed E-state index contributed by atoms with van der Waals surface area (Å²) in [6.45, 7) is 0. The van der Waals surface area contributed by atoms with Crippen molar-refractivity contribution in [1.29, 1.82) is 0 Å². The van der Waals surface area contributed by atoms with Crippen molar-refractivity contribution in [2.45, 2.75) is 6.04 Å². The van der Waals surface area contributed by atoms with Gasteiger partial charge in [-0.05, 0) is 17.7 Å². The Balaban J connectivity index is 1.76. The first-order valence-electron chi connectivity index (χ1n) is 9.92. The Morgan fingerprint density at radius 1 is 1.00 bits per heavy atom. The van der Waals surface area contributed by atoms with Crippen molar-refractivity contribution in [1.82, 2.24) is 4.98 Å². The summed E-state index contributed by atoms with van der Waals surface area (Å²) in [4.78, 5) is 42.9. The number of fused-ring (bicyclic) bond motifs is 1. The summed E-state index contributed by atoms with van der Waals surface area (Å²) in [5, 5.41) is 22.7. The summed E-state index contributed by atoms with van der Waals surface area (Å²) >= 11 is 1.22. The Morgan fingerprint density at radius 2 is 1.73 bits per heavy atom. The molecule has 1 fully saturated rings. The zero-order valence-electron chi connectivity index (χ0n) is 16.9. The van der Waals surface area contributed by atoms with Gasteiger partial charge in [0.05, 0.1) is 26.8 Å². The second-order valence-electron chi connectivity index (χ2n) is 7.35. The van der Waals surface area contributed by atoms with Crippen LogP contribution in [-0.2, 0) is 9.59 Å². The van der Waals surface area contributed by atoms with Gasteiger partial charge in [0.15, 0.2) is 5.13 Å². The molecule has 2 heterocycles. The summed E-state index contributed by atoms with van der Waals surface area (Å²) < 4.78 is 0.815. The highest BCUT2D eigenvalue weighted by molar-refractivity contribution is 7.22. The van der Waals surface area contributed by atoms with Gasteiger partial charge in [-0.15, -0.1) is 0 Å². The molecule has 8 nitrogen and oxygen atoms in total. The van der Waals surface area contributed by atoms with E-state index < -0.39 is 22.7 Å². The van der Waals surface area contributed by atoms with Crippen LogP contribution in [0.1, 0.15) is 17.2 Å². The number of aliphatic hydroxyl groups is 1. The van der Waals surface area contributed by atoms with Crippen LogP contribution < -0.4 is 4.90 Å². The lowest BCUT2D eigenvalue weighted by atomic mass is 9.95. The van der Waals surface area contributed by atoms with E-state index in [1.54, 1.807) is 42.5 Å². The second kappa shape index (κ2) is 7.95. The van der Waals surface area contributed by atoms with Crippen LogP contribution in [0.25, 0.3) is 16.0 Å². The zero-order chi connectivity index (χ0) is 23.1. The largest absolute Gasteiger partial charge is 0.507 e. The van der Waals surface area contributed by atoms with Crippen molar-refractivity contribution in [2.24, 2.45) is 0 Å². The molecule has 5 rings (SSSR count). The molecular weight excluding hydrogens is 442 g/mol. The number of non-ortho nitro benzene ring substituents is 1. The summed E-state index contributed by atoms with van der Waals surface area (Å²) in [6, 6.07) is 20.3. The quantitative estimate of drug-likeness (QED) is 0.154. The number of thiazole rings is 1. The Hall–Kier alpha value is -4.37. The Kier molecular flexibility index (Phi) is 4.95. The van der Waals surface area contributed by atoms with Gasteiger partial charge in [0.1, 0.15) is 5.76 Å². The molecule has 1 aliphatic rings. The van der Waals surface area contributed by atoms with Crippen molar-refractivity contribution in [3.8, 4) is 0 Å². The van der Waals surface area contributed by atoms with Crippen LogP contribution in [0.2, 0.25) is 0 Å². The van der Waals surface area contributed by atoms with Crippen LogP contribution in [0, 0.1) is 10.1 Å². The number of hydrogen-bond donors (Lipinski definition) is 1. The van der Waals surface area contributed by atoms with Gasteiger partial charge in [-0.25, -0.2) is 4.98 Å². The highest BCUT2D eigenvalue weighted by Gasteiger charge is 2.48. The number of rotatable bonds is 4. The summed E-state index contributed by atoms with van der Waals surface area (Å²) in [5.74, 6) is -2.09. The number of nitro groups is 1. The van der Waals surface area contributed by atoms with Crippen molar-refractivity contribution < 1.29 is 19.6 Å². The van der Waals surface area contributed by atoms with Crippen LogP contribution in [0.15, 0.2) is 84.4 Å². The number of aliphatic hydroxyl groups excluding tert-OH is 1. The second-order valence-corrected chi connectivity index (χ2v) is 8.36. The molecular formula is C24H15N3O5S. The van der Waals surface area contributed by atoms with Gasteiger partial charge in [0, 0.05) is 17.7 Å². The number of benzene rings is 3. The molecule has 1 aromatic heterocycles.